The first-order valence-electron chi connectivity index (χ1n) is 13.1. The number of nitrogens with zero attached hydrogens (tertiary/aromatic N) is 4. The lowest BCUT2D eigenvalue weighted by atomic mass is 9.88. The molecule has 5 rings (SSSR count). The standard InChI is InChI=1S/C29H36N4O2S2/c1-19-11-13-31(14-12-19)23(34)17-32-24(35)18-37-26(22-10-7-15-36-22)25-27(29(3,4)5)30-33(28(25)32)21-9-6-8-20(2)16-21/h6-10,15-16,19,26H,11-14,17-18H2,1-5H3/t26-/m1/s1. The Bertz CT molecular complexity index is 1280. The number of aryl methyl sites for hydroxylation is 1. The molecule has 0 bridgehead atoms. The number of thiophene rings is 1. The first kappa shape index (κ1) is 26.0. The number of carbonyl (C=O) groups excluding carboxylic acids is 2. The molecule has 8 heteroatoms. The molecular weight excluding hydrogens is 500 g/mol. The van der Waals surface area contributed by atoms with E-state index < -0.39 is 0 Å². The van der Waals surface area contributed by atoms with Crippen LogP contribution in [0.15, 0.2) is 41.8 Å². The highest BCUT2D eigenvalue weighted by atomic mass is 32.2. The molecule has 2 aromatic heterocycles. The Morgan fingerprint density at radius 2 is 1.89 bits per heavy atom. The summed E-state index contributed by atoms with van der Waals surface area (Å²) in [6, 6.07) is 12.4. The van der Waals surface area contributed by atoms with E-state index in [0.717, 1.165) is 54.3 Å². The molecule has 2 amide bonds. The maximum absolute atomic E-state index is 13.8. The number of likely N-dealkylation sites (tertiary alicyclic amines) is 1. The van der Waals surface area contributed by atoms with Gasteiger partial charge in [0.1, 0.15) is 12.4 Å². The second-order valence-corrected chi connectivity index (χ2v) is 13.4. The number of piperidine rings is 1. The maximum atomic E-state index is 13.8. The molecule has 0 spiro atoms. The number of fused-ring (bicyclic) bond motifs is 1. The van der Waals surface area contributed by atoms with E-state index >= 15 is 0 Å². The van der Waals surface area contributed by atoms with E-state index in [1.54, 1.807) is 28.0 Å². The van der Waals surface area contributed by atoms with Crippen molar-refractivity contribution in [3.63, 3.8) is 0 Å². The van der Waals surface area contributed by atoms with E-state index in [4.69, 9.17) is 5.10 Å². The van der Waals surface area contributed by atoms with E-state index in [1.165, 1.54) is 4.88 Å². The highest BCUT2D eigenvalue weighted by Gasteiger charge is 2.40. The van der Waals surface area contributed by atoms with Crippen molar-refractivity contribution in [2.75, 3.05) is 30.3 Å². The highest BCUT2D eigenvalue weighted by Crippen LogP contribution is 2.49. The predicted molar refractivity (Wildman–Crippen MR) is 153 cm³/mol. The van der Waals surface area contributed by atoms with Crippen LogP contribution in [0.4, 0.5) is 5.82 Å². The van der Waals surface area contributed by atoms with Gasteiger partial charge in [0.05, 0.1) is 22.4 Å². The normalized spacial score (nSPS) is 19.2. The molecule has 37 heavy (non-hydrogen) atoms. The summed E-state index contributed by atoms with van der Waals surface area (Å²) >= 11 is 3.35. The molecular formula is C29H36N4O2S2. The predicted octanol–water partition coefficient (Wildman–Crippen LogP) is 5.97. The average Bonchev–Trinajstić information content (AvgIpc) is 3.49. The lowest BCUT2D eigenvalue weighted by Gasteiger charge is -2.32. The summed E-state index contributed by atoms with van der Waals surface area (Å²) in [6.45, 7) is 12.4. The minimum absolute atomic E-state index is 0.0140. The summed E-state index contributed by atoms with van der Waals surface area (Å²) in [4.78, 5) is 32.2. The van der Waals surface area contributed by atoms with Crippen LogP contribution in [0.2, 0.25) is 0 Å². The van der Waals surface area contributed by atoms with Crippen LogP contribution in [-0.2, 0) is 15.0 Å². The second kappa shape index (κ2) is 10.3. The van der Waals surface area contributed by atoms with Gasteiger partial charge >= 0.3 is 0 Å². The van der Waals surface area contributed by atoms with Crippen LogP contribution in [0, 0.1) is 12.8 Å². The molecule has 0 saturated carbocycles. The van der Waals surface area contributed by atoms with Crippen molar-refractivity contribution in [2.24, 2.45) is 5.92 Å². The summed E-state index contributed by atoms with van der Waals surface area (Å²) < 4.78 is 1.92. The van der Waals surface area contributed by atoms with Crippen molar-refractivity contribution in [2.45, 2.75) is 58.1 Å². The van der Waals surface area contributed by atoms with Crippen molar-refractivity contribution in [3.05, 3.63) is 63.5 Å². The number of thioether (sulfide) groups is 1. The quantitative estimate of drug-likeness (QED) is 0.412. The summed E-state index contributed by atoms with van der Waals surface area (Å²) in [5, 5.41) is 7.24. The molecule has 6 nitrogen and oxygen atoms in total. The molecule has 196 valence electrons. The molecule has 3 aromatic rings. The van der Waals surface area contributed by atoms with Gasteiger partial charge in [0, 0.05) is 28.9 Å². The number of benzene rings is 1. The lowest BCUT2D eigenvalue weighted by Crippen LogP contribution is -2.46. The molecule has 1 aromatic carbocycles. The third-order valence-corrected chi connectivity index (χ3v) is 9.60. The zero-order chi connectivity index (χ0) is 26.3. The summed E-state index contributed by atoms with van der Waals surface area (Å²) in [5.74, 6) is 1.66. The third-order valence-electron chi connectivity index (χ3n) is 7.28. The van der Waals surface area contributed by atoms with Crippen LogP contribution < -0.4 is 4.90 Å². The molecule has 0 radical (unpaired) electrons. The molecule has 0 unspecified atom stereocenters. The molecule has 1 atom stereocenters. The van der Waals surface area contributed by atoms with Crippen molar-refractivity contribution in [1.82, 2.24) is 14.7 Å². The van der Waals surface area contributed by atoms with Gasteiger partial charge in [-0.3, -0.25) is 14.5 Å². The van der Waals surface area contributed by atoms with E-state index in [1.807, 2.05) is 21.7 Å². The van der Waals surface area contributed by atoms with Gasteiger partial charge in [0.15, 0.2) is 0 Å². The van der Waals surface area contributed by atoms with E-state index in [9.17, 15) is 9.59 Å². The molecule has 1 saturated heterocycles. The van der Waals surface area contributed by atoms with Crippen molar-refractivity contribution in [3.8, 4) is 5.69 Å². The lowest BCUT2D eigenvalue weighted by molar-refractivity contribution is -0.132. The molecule has 2 aliphatic heterocycles. The zero-order valence-corrected chi connectivity index (χ0v) is 24.0. The molecule has 4 heterocycles. The van der Waals surface area contributed by atoms with Crippen molar-refractivity contribution < 1.29 is 9.59 Å². The minimum atomic E-state index is -0.249. The number of carbonyl (C=O) groups is 2. The van der Waals surface area contributed by atoms with Crippen molar-refractivity contribution in [1.29, 1.82) is 0 Å². The monoisotopic (exact) mass is 536 g/mol. The maximum Gasteiger partial charge on any atom is 0.242 e. The van der Waals surface area contributed by atoms with Gasteiger partial charge in [0.2, 0.25) is 11.8 Å². The van der Waals surface area contributed by atoms with E-state index in [2.05, 4.69) is 64.3 Å². The first-order valence-corrected chi connectivity index (χ1v) is 15.0. The largest absolute Gasteiger partial charge is 0.341 e. The summed E-state index contributed by atoms with van der Waals surface area (Å²) in [6.07, 6.45) is 2.02. The fraction of sp³-hybridized carbons (Fsp3) is 0.483. The number of rotatable bonds is 4. The number of hydrogen-bond donors (Lipinski definition) is 0. The Morgan fingerprint density at radius 1 is 1.14 bits per heavy atom. The molecule has 0 aliphatic carbocycles. The zero-order valence-electron chi connectivity index (χ0n) is 22.4. The molecule has 0 N–H and O–H groups in total. The van der Waals surface area contributed by atoms with Crippen LogP contribution >= 0.6 is 23.1 Å². The Kier molecular flexibility index (Phi) is 7.24. The second-order valence-electron chi connectivity index (χ2n) is 11.3. The number of amides is 2. The van der Waals surface area contributed by atoms with Crippen LogP contribution in [0.1, 0.15) is 67.5 Å². The average molecular weight is 537 g/mol. The van der Waals surface area contributed by atoms with Crippen LogP contribution in [0.3, 0.4) is 0 Å². The third kappa shape index (κ3) is 5.23. The number of anilines is 1. The highest BCUT2D eigenvalue weighted by molar-refractivity contribution is 8.00. The van der Waals surface area contributed by atoms with Gasteiger partial charge in [-0.2, -0.15) is 5.10 Å². The van der Waals surface area contributed by atoms with Crippen LogP contribution in [-0.4, -0.2) is 51.9 Å². The molecule has 1 fully saturated rings. The SMILES string of the molecule is Cc1cccc(-n2nc(C(C)(C)C)c3c2N(CC(=O)N2CCC(C)CC2)C(=O)CS[C@@H]3c2cccs2)c1. The van der Waals surface area contributed by atoms with Gasteiger partial charge < -0.3 is 4.90 Å². The van der Waals surface area contributed by atoms with E-state index in [0.29, 0.717) is 11.7 Å². The van der Waals surface area contributed by atoms with Gasteiger partial charge in [-0.05, 0) is 54.8 Å². The Hall–Kier alpha value is -2.58. The van der Waals surface area contributed by atoms with Gasteiger partial charge in [0.25, 0.3) is 0 Å². The van der Waals surface area contributed by atoms with Gasteiger partial charge in [-0.25, -0.2) is 4.68 Å². The summed E-state index contributed by atoms with van der Waals surface area (Å²) in [5.41, 5.74) is 3.79. The van der Waals surface area contributed by atoms with Gasteiger partial charge in [-0.1, -0.05) is 45.9 Å². The number of hydrogen-bond acceptors (Lipinski definition) is 5. The van der Waals surface area contributed by atoms with E-state index in [-0.39, 0.29) is 29.0 Å². The van der Waals surface area contributed by atoms with Crippen LogP contribution in [0.5, 0.6) is 0 Å². The fourth-order valence-electron chi connectivity index (χ4n) is 5.17. The Balaban J connectivity index is 1.69. The van der Waals surface area contributed by atoms with Gasteiger partial charge in [-0.15, -0.1) is 23.1 Å². The molecule has 2 aliphatic rings. The number of aromatic nitrogens is 2. The van der Waals surface area contributed by atoms with Crippen molar-refractivity contribution >= 4 is 40.7 Å². The minimum Gasteiger partial charge on any atom is -0.341 e. The Morgan fingerprint density at radius 3 is 2.54 bits per heavy atom. The Labute approximate surface area is 228 Å². The smallest absolute Gasteiger partial charge is 0.242 e. The first-order chi connectivity index (χ1) is 17.6. The fourth-order valence-corrected chi connectivity index (χ4v) is 7.35. The topological polar surface area (TPSA) is 58.4 Å². The summed E-state index contributed by atoms with van der Waals surface area (Å²) in [7, 11) is 0. The van der Waals surface area contributed by atoms with Crippen LogP contribution in [0.25, 0.3) is 5.69 Å².